The van der Waals surface area contributed by atoms with Gasteiger partial charge in [-0.25, -0.2) is 4.57 Å². The van der Waals surface area contributed by atoms with Crippen molar-refractivity contribution in [3.05, 3.63) is 36.5 Å². The van der Waals surface area contributed by atoms with Crippen LogP contribution >= 0.6 is 7.82 Å². The lowest BCUT2D eigenvalue weighted by atomic mass is 9.85. The third kappa shape index (κ3) is 34.5. The number of esters is 1. The molecule has 0 spiro atoms. The quantitative estimate of drug-likeness (QED) is 0.0147. The fraction of sp³-hybridized carbons (Fsp3) is 0.865. The molecule has 13 heteroatoms. The number of hydrogen-bond donors (Lipinski definition) is 6. The maximum atomic E-state index is 12.9. The highest BCUT2D eigenvalue weighted by molar-refractivity contribution is 7.47. The van der Waals surface area contributed by atoms with Crippen molar-refractivity contribution in [2.24, 2.45) is 0 Å². The smallest absolute Gasteiger partial charge is 0.457 e. The molecular formula is C52H97O12P. The summed E-state index contributed by atoms with van der Waals surface area (Å²) in [6.07, 6.45) is 39.2. The zero-order chi connectivity index (χ0) is 47.6. The summed E-state index contributed by atoms with van der Waals surface area (Å²) in [4.78, 5) is 23.2. The predicted octanol–water partition coefficient (Wildman–Crippen LogP) is 11.8. The molecule has 0 bridgehead atoms. The Morgan fingerprint density at radius 1 is 0.492 bits per heavy atom. The molecule has 6 unspecified atom stereocenters. The van der Waals surface area contributed by atoms with Crippen molar-refractivity contribution in [3.8, 4) is 0 Å². The number of phosphoric ester groups is 1. The first-order valence-corrected chi connectivity index (χ1v) is 27.8. The minimum Gasteiger partial charge on any atom is -0.457 e. The van der Waals surface area contributed by atoms with Crippen molar-refractivity contribution in [1.82, 2.24) is 0 Å². The number of allylic oxidation sites excluding steroid dienone is 6. The average Bonchev–Trinajstić information content (AvgIpc) is 3.29. The normalized spacial score (nSPS) is 21.8. The van der Waals surface area contributed by atoms with E-state index in [-0.39, 0.29) is 13.0 Å². The van der Waals surface area contributed by atoms with Crippen molar-refractivity contribution >= 4 is 13.8 Å². The Bertz CT molecular complexity index is 1210. The van der Waals surface area contributed by atoms with E-state index in [1.165, 1.54) is 141 Å². The Balaban J connectivity index is 2.34. The van der Waals surface area contributed by atoms with Crippen LogP contribution in [0, 0.1) is 0 Å². The second-order valence-corrected chi connectivity index (χ2v) is 19.8. The highest BCUT2D eigenvalue weighted by Gasteiger charge is 2.51. The molecule has 0 heterocycles. The molecule has 6 N–H and O–H groups in total. The average molecular weight is 945 g/mol. The molecule has 1 fully saturated rings. The van der Waals surface area contributed by atoms with Crippen LogP contribution in [-0.2, 0) is 27.9 Å². The number of aliphatic hydroxyl groups is 5. The van der Waals surface area contributed by atoms with Gasteiger partial charge in [0.15, 0.2) is 0 Å². The van der Waals surface area contributed by atoms with E-state index in [0.717, 1.165) is 57.8 Å². The van der Waals surface area contributed by atoms with Crippen LogP contribution in [0.25, 0.3) is 0 Å². The molecule has 1 saturated carbocycles. The fourth-order valence-corrected chi connectivity index (χ4v) is 9.00. The van der Waals surface area contributed by atoms with Gasteiger partial charge in [0.1, 0.15) is 42.7 Å². The van der Waals surface area contributed by atoms with E-state index < -0.39 is 63.1 Å². The van der Waals surface area contributed by atoms with E-state index in [1.807, 2.05) is 0 Å². The Morgan fingerprint density at radius 3 is 1.32 bits per heavy atom. The second-order valence-electron chi connectivity index (χ2n) is 18.4. The van der Waals surface area contributed by atoms with Crippen molar-refractivity contribution < 1.29 is 58.3 Å². The van der Waals surface area contributed by atoms with Gasteiger partial charge in [0.2, 0.25) is 0 Å². The van der Waals surface area contributed by atoms with Gasteiger partial charge < -0.3 is 39.9 Å². The van der Waals surface area contributed by atoms with Gasteiger partial charge in [-0.15, -0.1) is 0 Å². The molecule has 1 aliphatic rings. The summed E-state index contributed by atoms with van der Waals surface area (Å²) in [6.45, 7) is 4.26. The number of ether oxygens (including phenoxy) is 2. The van der Waals surface area contributed by atoms with Crippen LogP contribution in [0.4, 0.5) is 0 Å². The zero-order valence-corrected chi connectivity index (χ0v) is 41.9. The number of hydrogen-bond acceptors (Lipinski definition) is 11. The molecular weight excluding hydrogens is 848 g/mol. The lowest BCUT2D eigenvalue weighted by Crippen LogP contribution is -2.64. The summed E-state index contributed by atoms with van der Waals surface area (Å²) < 4.78 is 34.3. The first-order chi connectivity index (χ1) is 31.5. The first kappa shape index (κ1) is 61.6. The molecule has 0 saturated heterocycles. The maximum absolute atomic E-state index is 12.9. The van der Waals surface area contributed by atoms with Crippen LogP contribution in [0.1, 0.15) is 226 Å². The molecule has 0 aromatic carbocycles. The van der Waals surface area contributed by atoms with Crippen LogP contribution < -0.4 is 0 Å². The maximum Gasteiger partial charge on any atom is 0.472 e. The highest BCUT2D eigenvalue weighted by Crippen LogP contribution is 2.47. The first-order valence-electron chi connectivity index (χ1n) is 26.3. The minimum atomic E-state index is -5.02. The van der Waals surface area contributed by atoms with E-state index >= 15 is 0 Å². The molecule has 65 heavy (non-hydrogen) atoms. The topological polar surface area (TPSA) is 192 Å². The van der Waals surface area contributed by atoms with Gasteiger partial charge in [0, 0.05) is 13.0 Å². The van der Waals surface area contributed by atoms with E-state index in [0.29, 0.717) is 13.0 Å². The number of unbranched alkanes of at least 4 members (excludes halogenated alkanes) is 27. The second kappa shape index (κ2) is 42.6. The molecule has 0 amide bonds. The van der Waals surface area contributed by atoms with Gasteiger partial charge >= 0.3 is 13.8 Å². The predicted molar refractivity (Wildman–Crippen MR) is 263 cm³/mol. The highest BCUT2D eigenvalue weighted by atomic mass is 31.2. The summed E-state index contributed by atoms with van der Waals surface area (Å²) in [7, 11) is -5.02. The van der Waals surface area contributed by atoms with Crippen molar-refractivity contribution in [3.63, 3.8) is 0 Å². The van der Waals surface area contributed by atoms with Crippen LogP contribution in [-0.4, -0.2) is 98.9 Å². The van der Waals surface area contributed by atoms with Crippen LogP contribution in [0.3, 0.4) is 0 Å². The van der Waals surface area contributed by atoms with Crippen molar-refractivity contribution in [1.29, 1.82) is 0 Å². The van der Waals surface area contributed by atoms with Gasteiger partial charge in [-0.1, -0.05) is 185 Å². The standard InChI is InChI=1S/C52H97O12P/c1-3-5-7-9-11-13-15-17-19-21-23-24-26-28-30-32-34-36-38-40-42-61-43-45(44-62-65(59,60)64-52-50(57)48(55)47(54)49(56)51(52)58)63-46(53)41-39-37-35-33-31-29-27-25-22-20-18-16-14-12-10-8-6-4-2/h14,16-17,19-20,22,45,47-52,54-58H,3-13,15,18,21,23-44H2,1-2H3,(H,59,60)/b16-14-,19-17-,22-20-. The molecule has 1 rings (SSSR count). The lowest BCUT2D eigenvalue weighted by molar-refractivity contribution is -0.220. The number of phosphoric acid groups is 1. The number of carbonyl (C=O) groups is 1. The number of aliphatic hydroxyl groups excluding tert-OH is 5. The molecule has 0 aromatic heterocycles. The third-order valence-corrected chi connectivity index (χ3v) is 13.2. The Morgan fingerprint density at radius 2 is 0.862 bits per heavy atom. The van der Waals surface area contributed by atoms with Gasteiger partial charge in [-0.3, -0.25) is 13.8 Å². The third-order valence-electron chi connectivity index (χ3n) is 12.2. The molecule has 1 aliphatic carbocycles. The minimum absolute atomic E-state index is 0.0794. The Kier molecular flexibility index (Phi) is 40.4. The van der Waals surface area contributed by atoms with Crippen molar-refractivity contribution in [2.75, 3.05) is 19.8 Å². The Labute approximate surface area is 395 Å². The van der Waals surface area contributed by atoms with Gasteiger partial charge in [0.05, 0.1) is 13.2 Å². The van der Waals surface area contributed by atoms with Crippen LogP contribution in [0.2, 0.25) is 0 Å². The fourth-order valence-electron chi connectivity index (χ4n) is 8.03. The summed E-state index contributed by atoms with van der Waals surface area (Å²) in [5, 5.41) is 50.3. The summed E-state index contributed by atoms with van der Waals surface area (Å²) in [5.74, 6) is -0.483. The van der Waals surface area contributed by atoms with Gasteiger partial charge in [0.25, 0.3) is 0 Å². The molecule has 0 radical (unpaired) electrons. The number of rotatable bonds is 45. The zero-order valence-electron chi connectivity index (χ0n) is 41.0. The molecule has 0 aromatic rings. The van der Waals surface area contributed by atoms with E-state index in [4.69, 9.17) is 18.5 Å². The van der Waals surface area contributed by atoms with E-state index in [9.17, 15) is 39.8 Å². The van der Waals surface area contributed by atoms with Crippen LogP contribution in [0.15, 0.2) is 36.5 Å². The summed E-state index contributed by atoms with van der Waals surface area (Å²) >= 11 is 0. The summed E-state index contributed by atoms with van der Waals surface area (Å²) in [5.41, 5.74) is 0. The largest absolute Gasteiger partial charge is 0.472 e. The molecule has 6 atom stereocenters. The van der Waals surface area contributed by atoms with Crippen molar-refractivity contribution in [2.45, 2.75) is 268 Å². The summed E-state index contributed by atoms with van der Waals surface area (Å²) in [6, 6.07) is 0. The Hall–Kier alpha value is -1.44. The van der Waals surface area contributed by atoms with Gasteiger partial charge in [-0.2, -0.15) is 0 Å². The monoisotopic (exact) mass is 945 g/mol. The molecule has 12 nitrogen and oxygen atoms in total. The molecule has 0 aliphatic heterocycles. The lowest BCUT2D eigenvalue weighted by Gasteiger charge is -2.41. The van der Waals surface area contributed by atoms with E-state index in [1.54, 1.807) is 0 Å². The van der Waals surface area contributed by atoms with Crippen LogP contribution in [0.5, 0.6) is 0 Å². The van der Waals surface area contributed by atoms with E-state index in [2.05, 4.69) is 50.3 Å². The van der Waals surface area contributed by atoms with Gasteiger partial charge in [-0.05, 0) is 70.6 Å². The number of carbonyl (C=O) groups excluding carboxylic acids is 1. The SMILES string of the molecule is CCCCCC/C=C\C/C=C\CCCCCCCCCC(=O)OC(COCCCCCCCCCCCC/C=C\CCCCCCCC)COP(=O)(O)OC1C(O)C(O)C(O)C(O)C1O. The molecule has 382 valence electrons.